The molecular formula is C14H14N2O4. The predicted octanol–water partition coefficient (Wildman–Crippen LogP) is 1.57. The average molecular weight is 274 g/mol. The Hall–Kier alpha value is -2.47. The van der Waals surface area contributed by atoms with Gasteiger partial charge in [-0.1, -0.05) is 30.3 Å². The number of carbonyl (C=O) groups excluding carboxylic acids is 1. The van der Waals surface area contributed by atoms with Crippen molar-refractivity contribution in [1.82, 2.24) is 10.6 Å². The maximum Gasteiger partial charge on any atom is 0.322 e. The molecule has 2 amide bonds. The van der Waals surface area contributed by atoms with Gasteiger partial charge in [-0.15, -0.1) is 0 Å². The summed E-state index contributed by atoms with van der Waals surface area (Å²) < 4.78 is 16.6. The van der Waals surface area contributed by atoms with Gasteiger partial charge < -0.3 is 24.8 Å². The number of carbonyl (C=O) groups is 1. The molecular weight excluding hydrogens is 260 g/mol. The number of fused-ring (bicyclic) bond motifs is 1. The molecule has 2 aliphatic heterocycles. The Kier molecular flexibility index (Phi) is 3.56. The SMILES string of the molecule is O=C1NC=C2OCOC(Cc3ccccc3)OC2=CN1. The molecule has 0 aliphatic carbocycles. The van der Waals surface area contributed by atoms with Crippen molar-refractivity contribution < 1.29 is 19.0 Å². The van der Waals surface area contributed by atoms with Gasteiger partial charge in [-0.05, 0) is 5.56 Å². The lowest BCUT2D eigenvalue weighted by Crippen LogP contribution is -2.27. The van der Waals surface area contributed by atoms with Gasteiger partial charge in [-0.25, -0.2) is 4.79 Å². The van der Waals surface area contributed by atoms with Crippen molar-refractivity contribution in [2.75, 3.05) is 6.79 Å². The van der Waals surface area contributed by atoms with E-state index in [0.717, 1.165) is 5.56 Å². The molecule has 1 fully saturated rings. The maximum atomic E-state index is 11.2. The molecule has 1 saturated heterocycles. The molecule has 0 spiro atoms. The summed E-state index contributed by atoms with van der Waals surface area (Å²) in [6.45, 7) is 0.0660. The fourth-order valence-corrected chi connectivity index (χ4v) is 1.91. The summed E-state index contributed by atoms with van der Waals surface area (Å²) in [5.41, 5.74) is 1.10. The Morgan fingerprint density at radius 2 is 1.85 bits per heavy atom. The smallest absolute Gasteiger partial charge is 0.322 e. The van der Waals surface area contributed by atoms with Crippen molar-refractivity contribution in [3.63, 3.8) is 0 Å². The third kappa shape index (κ3) is 2.92. The molecule has 6 heteroatoms. The molecule has 0 aromatic heterocycles. The standard InChI is InChI=1S/C14H14N2O4/c17-14-15-7-11-12(8-16-14)20-13(19-9-18-11)6-10-4-2-1-3-5-10/h1-5,7-8,13H,6,9H2,(H2,15,16,17). The monoisotopic (exact) mass is 274 g/mol. The van der Waals surface area contributed by atoms with Crippen LogP contribution in [-0.4, -0.2) is 19.1 Å². The highest BCUT2D eigenvalue weighted by Gasteiger charge is 2.23. The second-order valence-electron chi connectivity index (χ2n) is 4.30. The van der Waals surface area contributed by atoms with Gasteiger partial charge in [0.15, 0.2) is 18.3 Å². The first-order valence-corrected chi connectivity index (χ1v) is 6.24. The zero-order valence-corrected chi connectivity index (χ0v) is 10.7. The first kappa shape index (κ1) is 12.6. The lowest BCUT2D eigenvalue weighted by Gasteiger charge is -2.15. The topological polar surface area (TPSA) is 68.8 Å². The number of rotatable bonds is 2. The molecule has 0 bridgehead atoms. The van der Waals surface area contributed by atoms with E-state index in [0.29, 0.717) is 17.9 Å². The molecule has 1 aromatic carbocycles. The van der Waals surface area contributed by atoms with Crippen LogP contribution in [0.2, 0.25) is 0 Å². The van der Waals surface area contributed by atoms with Gasteiger partial charge in [0.1, 0.15) is 0 Å². The maximum absolute atomic E-state index is 11.2. The number of hydrogen-bond donors (Lipinski definition) is 2. The van der Waals surface area contributed by atoms with Crippen LogP contribution in [0.4, 0.5) is 4.79 Å². The normalized spacial score (nSPS) is 21.6. The fraction of sp³-hybridized carbons (Fsp3) is 0.214. The highest BCUT2D eigenvalue weighted by atomic mass is 16.8. The van der Waals surface area contributed by atoms with E-state index >= 15 is 0 Å². The fourth-order valence-electron chi connectivity index (χ4n) is 1.91. The summed E-state index contributed by atoms with van der Waals surface area (Å²) >= 11 is 0. The van der Waals surface area contributed by atoms with E-state index in [2.05, 4.69) is 10.6 Å². The number of nitrogens with one attached hydrogen (secondary N) is 2. The Morgan fingerprint density at radius 1 is 1.10 bits per heavy atom. The van der Waals surface area contributed by atoms with E-state index in [9.17, 15) is 4.79 Å². The Balaban J connectivity index is 1.74. The van der Waals surface area contributed by atoms with E-state index in [1.165, 1.54) is 12.4 Å². The minimum absolute atomic E-state index is 0.0660. The number of amides is 2. The van der Waals surface area contributed by atoms with E-state index in [-0.39, 0.29) is 12.8 Å². The van der Waals surface area contributed by atoms with Gasteiger partial charge in [-0.2, -0.15) is 0 Å². The molecule has 0 radical (unpaired) electrons. The molecule has 2 N–H and O–H groups in total. The van der Waals surface area contributed by atoms with Crippen molar-refractivity contribution in [2.45, 2.75) is 12.7 Å². The molecule has 104 valence electrons. The number of benzene rings is 1. The molecule has 6 nitrogen and oxygen atoms in total. The second kappa shape index (κ2) is 5.66. The van der Waals surface area contributed by atoms with Crippen LogP contribution < -0.4 is 10.6 Å². The van der Waals surface area contributed by atoms with Crippen LogP contribution >= 0.6 is 0 Å². The minimum Gasteiger partial charge on any atom is -0.462 e. The van der Waals surface area contributed by atoms with Crippen LogP contribution in [0.1, 0.15) is 5.56 Å². The molecule has 1 unspecified atom stereocenters. The Labute approximate surface area is 116 Å². The van der Waals surface area contributed by atoms with E-state index in [1.807, 2.05) is 30.3 Å². The van der Waals surface area contributed by atoms with Crippen molar-refractivity contribution in [1.29, 1.82) is 0 Å². The molecule has 2 aliphatic rings. The van der Waals surface area contributed by atoms with Gasteiger partial charge >= 0.3 is 6.03 Å². The Morgan fingerprint density at radius 3 is 2.65 bits per heavy atom. The first-order chi connectivity index (χ1) is 9.81. The number of ether oxygens (including phenoxy) is 3. The first-order valence-electron chi connectivity index (χ1n) is 6.24. The number of hydrogen-bond acceptors (Lipinski definition) is 4. The third-order valence-electron chi connectivity index (χ3n) is 2.88. The van der Waals surface area contributed by atoms with E-state index in [4.69, 9.17) is 14.2 Å². The van der Waals surface area contributed by atoms with Crippen molar-refractivity contribution in [3.8, 4) is 0 Å². The van der Waals surface area contributed by atoms with Crippen LogP contribution in [0.5, 0.6) is 0 Å². The zero-order valence-electron chi connectivity index (χ0n) is 10.7. The summed E-state index contributed by atoms with van der Waals surface area (Å²) in [5, 5.41) is 5.04. The summed E-state index contributed by atoms with van der Waals surface area (Å²) in [6, 6.07) is 9.54. The summed E-state index contributed by atoms with van der Waals surface area (Å²) in [7, 11) is 0. The van der Waals surface area contributed by atoms with Gasteiger partial charge in [-0.3, -0.25) is 0 Å². The molecule has 3 rings (SSSR count). The molecule has 1 aromatic rings. The van der Waals surface area contributed by atoms with Gasteiger partial charge in [0.05, 0.1) is 12.4 Å². The lowest BCUT2D eigenvalue weighted by molar-refractivity contribution is -0.139. The van der Waals surface area contributed by atoms with E-state index in [1.54, 1.807) is 0 Å². The van der Waals surface area contributed by atoms with Gasteiger partial charge in [0.2, 0.25) is 6.29 Å². The largest absolute Gasteiger partial charge is 0.462 e. The predicted molar refractivity (Wildman–Crippen MR) is 69.9 cm³/mol. The number of urea groups is 1. The second-order valence-corrected chi connectivity index (χ2v) is 4.30. The third-order valence-corrected chi connectivity index (χ3v) is 2.88. The molecule has 20 heavy (non-hydrogen) atoms. The average Bonchev–Trinajstić information content (AvgIpc) is 2.75. The molecule has 2 heterocycles. The summed E-state index contributed by atoms with van der Waals surface area (Å²) in [5.74, 6) is 0.862. The quantitative estimate of drug-likeness (QED) is 0.859. The minimum atomic E-state index is -0.468. The van der Waals surface area contributed by atoms with Crippen molar-refractivity contribution >= 4 is 6.03 Å². The van der Waals surface area contributed by atoms with Crippen molar-refractivity contribution in [2.24, 2.45) is 0 Å². The van der Waals surface area contributed by atoms with Crippen molar-refractivity contribution in [3.05, 3.63) is 59.8 Å². The lowest BCUT2D eigenvalue weighted by atomic mass is 10.1. The van der Waals surface area contributed by atoms with Crippen LogP contribution in [0, 0.1) is 0 Å². The zero-order chi connectivity index (χ0) is 13.8. The van der Waals surface area contributed by atoms with Crippen LogP contribution in [0.3, 0.4) is 0 Å². The Bertz CT molecular complexity index is 554. The van der Waals surface area contributed by atoms with E-state index < -0.39 is 6.29 Å². The van der Waals surface area contributed by atoms with Crippen LogP contribution in [0.25, 0.3) is 0 Å². The summed E-state index contributed by atoms with van der Waals surface area (Å²) in [4.78, 5) is 11.2. The summed E-state index contributed by atoms with van der Waals surface area (Å²) in [6.07, 6.45) is 3.03. The molecule has 1 atom stereocenters. The highest BCUT2D eigenvalue weighted by Crippen LogP contribution is 2.22. The van der Waals surface area contributed by atoms with Gasteiger partial charge in [0, 0.05) is 6.42 Å². The van der Waals surface area contributed by atoms with Crippen LogP contribution in [-0.2, 0) is 20.6 Å². The highest BCUT2D eigenvalue weighted by molar-refractivity contribution is 5.76. The van der Waals surface area contributed by atoms with Crippen LogP contribution in [0.15, 0.2) is 54.3 Å². The van der Waals surface area contributed by atoms with Gasteiger partial charge in [0.25, 0.3) is 0 Å². The molecule has 0 saturated carbocycles.